The van der Waals surface area contributed by atoms with Crippen molar-refractivity contribution in [1.29, 1.82) is 0 Å². The Bertz CT molecular complexity index is 665. The van der Waals surface area contributed by atoms with Gasteiger partial charge >= 0.3 is 0 Å². The molecule has 0 saturated carbocycles. The van der Waals surface area contributed by atoms with E-state index >= 15 is 0 Å². The summed E-state index contributed by atoms with van der Waals surface area (Å²) in [4.78, 5) is 25.6. The quantitative estimate of drug-likeness (QED) is 0.883. The van der Waals surface area contributed by atoms with E-state index in [2.05, 4.69) is 5.32 Å². The number of hydrogen-bond acceptors (Lipinski definition) is 3. The number of furan rings is 1. The molecule has 5 nitrogen and oxygen atoms in total. The number of nitrogens with zero attached hydrogens (tertiary/aromatic N) is 1. The van der Waals surface area contributed by atoms with Crippen molar-refractivity contribution in [2.24, 2.45) is 0 Å². The van der Waals surface area contributed by atoms with Crippen molar-refractivity contribution in [2.75, 3.05) is 19.0 Å². The van der Waals surface area contributed by atoms with Gasteiger partial charge in [-0.2, -0.15) is 0 Å². The summed E-state index contributed by atoms with van der Waals surface area (Å²) in [5, 5.41) is 3.83. The molecule has 2 aromatic rings. The van der Waals surface area contributed by atoms with Crippen LogP contribution in [0.3, 0.4) is 0 Å². The van der Waals surface area contributed by atoms with Crippen LogP contribution < -0.4 is 5.32 Å². The maximum absolute atomic E-state index is 12.3. The second-order valence-electron chi connectivity index (χ2n) is 5.43. The van der Waals surface area contributed by atoms with Crippen LogP contribution in [0.4, 0.5) is 0 Å². The molecule has 1 fully saturated rings. The predicted octanol–water partition coefficient (Wildman–Crippen LogP) is 2.39. The van der Waals surface area contributed by atoms with E-state index in [1.165, 1.54) is 0 Å². The van der Waals surface area contributed by atoms with Gasteiger partial charge in [0.2, 0.25) is 5.91 Å². The molecule has 0 spiro atoms. The van der Waals surface area contributed by atoms with Gasteiger partial charge in [0.25, 0.3) is 5.91 Å². The van der Waals surface area contributed by atoms with Crippen molar-refractivity contribution in [3.8, 4) is 0 Å². The lowest BCUT2D eigenvalue weighted by atomic mass is 10.1. The zero-order valence-electron chi connectivity index (χ0n) is 12.0. The van der Waals surface area contributed by atoms with E-state index in [-0.39, 0.29) is 23.7 Å². The van der Waals surface area contributed by atoms with E-state index in [1.807, 2.05) is 24.3 Å². The van der Waals surface area contributed by atoms with Crippen molar-refractivity contribution >= 4 is 34.4 Å². The summed E-state index contributed by atoms with van der Waals surface area (Å²) >= 11 is 5.59. The zero-order chi connectivity index (χ0) is 15.5. The van der Waals surface area contributed by atoms with Crippen LogP contribution in [0.2, 0.25) is 0 Å². The van der Waals surface area contributed by atoms with Crippen LogP contribution >= 0.6 is 11.6 Å². The van der Waals surface area contributed by atoms with Gasteiger partial charge in [-0.05, 0) is 25.0 Å². The Morgan fingerprint density at radius 3 is 2.95 bits per heavy atom. The average Bonchev–Trinajstić information content (AvgIpc) is 2.98. The summed E-state index contributed by atoms with van der Waals surface area (Å²) < 4.78 is 5.55. The van der Waals surface area contributed by atoms with Gasteiger partial charge in [0.05, 0.1) is 0 Å². The average molecular weight is 321 g/mol. The van der Waals surface area contributed by atoms with Crippen molar-refractivity contribution in [1.82, 2.24) is 10.2 Å². The normalized spacial score (nSPS) is 18.4. The van der Waals surface area contributed by atoms with Gasteiger partial charge in [0, 0.05) is 24.5 Å². The summed E-state index contributed by atoms with van der Waals surface area (Å²) in [5.41, 5.74) is 0.690. The number of likely N-dealkylation sites (tertiary alicyclic amines) is 1. The van der Waals surface area contributed by atoms with Gasteiger partial charge in [-0.1, -0.05) is 18.2 Å². The van der Waals surface area contributed by atoms with E-state index in [0.717, 1.165) is 18.2 Å². The summed E-state index contributed by atoms with van der Waals surface area (Å²) in [6, 6.07) is 9.15. The predicted molar refractivity (Wildman–Crippen MR) is 84.0 cm³/mol. The zero-order valence-corrected chi connectivity index (χ0v) is 12.8. The number of carbonyl (C=O) groups excluding carboxylic acids is 2. The molecule has 1 aliphatic rings. The number of rotatable bonds is 3. The first-order valence-corrected chi connectivity index (χ1v) is 7.84. The summed E-state index contributed by atoms with van der Waals surface area (Å²) in [6.07, 6.45) is 1.70. The van der Waals surface area contributed by atoms with Crippen LogP contribution in [0.1, 0.15) is 23.4 Å². The minimum absolute atomic E-state index is 0.0236. The lowest BCUT2D eigenvalue weighted by molar-refractivity contribution is -0.129. The maximum Gasteiger partial charge on any atom is 0.287 e. The molecule has 116 valence electrons. The Morgan fingerprint density at radius 2 is 2.18 bits per heavy atom. The minimum Gasteiger partial charge on any atom is -0.451 e. The number of halogens is 1. The highest BCUT2D eigenvalue weighted by molar-refractivity contribution is 6.27. The molecule has 6 heteroatoms. The number of hydrogen-bond donors (Lipinski definition) is 1. The molecule has 1 aromatic carbocycles. The molecule has 1 aromatic heterocycles. The molecule has 2 heterocycles. The Kier molecular flexibility index (Phi) is 4.34. The van der Waals surface area contributed by atoms with E-state index < -0.39 is 0 Å². The van der Waals surface area contributed by atoms with Gasteiger partial charge in [0.15, 0.2) is 5.76 Å². The minimum atomic E-state index is -0.249. The van der Waals surface area contributed by atoms with Crippen LogP contribution in [0.5, 0.6) is 0 Å². The molecule has 1 N–H and O–H groups in total. The molecule has 1 aliphatic heterocycles. The monoisotopic (exact) mass is 320 g/mol. The highest BCUT2D eigenvalue weighted by Crippen LogP contribution is 2.19. The number of benzene rings is 1. The van der Waals surface area contributed by atoms with Crippen LogP contribution in [-0.2, 0) is 4.79 Å². The Labute approximate surface area is 133 Å². The fourth-order valence-electron chi connectivity index (χ4n) is 2.76. The lowest BCUT2D eigenvalue weighted by Gasteiger charge is -2.32. The molecule has 1 unspecified atom stereocenters. The van der Waals surface area contributed by atoms with Gasteiger partial charge in [-0.3, -0.25) is 9.59 Å². The summed E-state index contributed by atoms with van der Waals surface area (Å²) in [6.45, 7) is 1.19. The number of amides is 2. The standard InChI is InChI=1S/C16H17ClN2O3/c17-9-15(20)19-7-3-5-12(10-19)18-16(21)14-8-11-4-1-2-6-13(11)22-14/h1-2,4,6,8,12H,3,5,7,9-10H2,(H,18,21). The van der Waals surface area contributed by atoms with E-state index in [9.17, 15) is 9.59 Å². The van der Waals surface area contributed by atoms with Crippen molar-refractivity contribution < 1.29 is 14.0 Å². The topological polar surface area (TPSA) is 62.6 Å². The Balaban J connectivity index is 1.67. The van der Waals surface area contributed by atoms with E-state index in [4.69, 9.17) is 16.0 Å². The van der Waals surface area contributed by atoms with Gasteiger partial charge < -0.3 is 14.6 Å². The molecular formula is C16H17ClN2O3. The first-order chi connectivity index (χ1) is 10.7. The molecule has 0 aliphatic carbocycles. The van der Waals surface area contributed by atoms with Gasteiger partial charge in [0.1, 0.15) is 11.5 Å². The number of carbonyl (C=O) groups is 2. The van der Waals surface area contributed by atoms with Crippen LogP contribution in [0.15, 0.2) is 34.7 Å². The van der Waals surface area contributed by atoms with E-state index in [0.29, 0.717) is 24.4 Å². The van der Waals surface area contributed by atoms with Gasteiger partial charge in [-0.25, -0.2) is 0 Å². The number of para-hydroxylation sites is 1. The Hall–Kier alpha value is -2.01. The summed E-state index contributed by atoms with van der Waals surface area (Å²) in [7, 11) is 0. The summed E-state index contributed by atoms with van der Waals surface area (Å²) in [5.74, 6) is -0.0720. The Morgan fingerprint density at radius 1 is 1.36 bits per heavy atom. The first-order valence-electron chi connectivity index (χ1n) is 7.30. The second kappa shape index (κ2) is 6.40. The molecule has 1 saturated heterocycles. The highest BCUT2D eigenvalue weighted by Gasteiger charge is 2.25. The molecule has 0 radical (unpaired) electrons. The van der Waals surface area contributed by atoms with Crippen molar-refractivity contribution in [2.45, 2.75) is 18.9 Å². The maximum atomic E-state index is 12.3. The molecule has 1 atom stereocenters. The number of piperidine rings is 1. The number of alkyl halides is 1. The highest BCUT2D eigenvalue weighted by atomic mass is 35.5. The fraction of sp³-hybridized carbons (Fsp3) is 0.375. The molecule has 3 rings (SSSR count). The smallest absolute Gasteiger partial charge is 0.287 e. The van der Waals surface area contributed by atoms with E-state index in [1.54, 1.807) is 11.0 Å². The number of fused-ring (bicyclic) bond motifs is 1. The SMILES string of the molecule is O=C(NC1CCCN(C(=O)CCl)C1)c1cc2ccccc2o1. The molecular weight excluding hydrogens is 304 g/mol. The van der Waals surface area contributed by atoms with Crippen molar-refractivity contribution in [3.05, 3.63) is 36.1 Å². The molecule has 22 heavy (non-hydrogen) atoms. The van der Waals surface area contributed by atoms with Gasteiger partial charge in [-0.15, -0.1) is 11.6 Å². The molecule has 2 amide bonds. The van der Waals surface area contributed by atoms with Crippen LogP contribution in [-0.4, -0.2) is 41.7 Å². The fourth-order valence-corrected chi connectivity index (χ4v) is 2.93. The second-order valence-corrected chi connectivity index (χ2v) is 5.70. The largest absolute Gasteiger partial charge is 0.451 e. The third kappa shape index (κ3) is 3.09. The van der Waals surface area contributed by atoms with Crippen molar-refractivity contribution in [3.63, 3.8) is 0 Å². The third-order valence-corrected chi connectivity index (χ3v) is 4.10. The third-order valence-electron chi connectivity index (χ3n) is 3.87. The molecule has 0 bridgehead atoms. The lowest BCUT2D eigenvalue weighted by Crippen LogP contribution is -2.49. The van der Waals surface area contributed by atoms with Crippen LogP contribution in [0, 0.1) is 0 Å². The number of nitrogens with one attached hydrogen (secondary N) is 1. The first kappa shape index (κ1) is 14.9. The van der Waals surface area contributed by atoms with Crippen LogP contribution in [0.25, 0.3) is 11.0 Å².